The maximum Gasteiger partial charge on any atom is 0.247 e. The Morgan fingerprint density at radius 3 is 2.41 bits per heavy atom. The minimum atomic E-state index is -0.468. The molecule has 2 atom stereocenters. The first-order valence-corrected chi connectivity index (χ1v) is 5.79. The zero-order valence-electron chi connectivity index (χ0n) is 11.1. The molecule has 1 heterocycles. The van der Waals surface area contributed by atoms with E-state index in [1.165, 1.54) is 0 Å². The highest BCUT2D eigenvalue weighted by Crippen LogP contribution is 2.24. The van der Waals surface area contributed by atoms with Gasteiger partial charge in [0.1, 0.15) is 12.1 Å². The van der Waals surface area contributed by atoms with Crippen molar-refractivity contribution in [3.8, 4) is 11.8 Å². The van der Waals surface area contributed by atoms with Gasteiger partial charge in [-0.2, -0.15) is 0 Å². The van der Waals surface area contributed by atoms with Crippen LogP contribution in [0.25, 0.3) is 0 Å². The van der Waals surface area contributed by atoms with E-state index in [4.69, 9.17) is 0 Å². The number of amides is 2. The summed E-state index contributed by atoms with van der Waals surface area (Å²) in [6.45, 7) is 9.58. The lowest BCUT2D eigenvalue weighted by atomic mass is 9.84. The van der Waals surface area contributed by atoms with Crippen molar-refractivity contribution >= 4 is 11.8 Å². The van der Waals surface area contributed by atoms with Crippen molar-refractivity contribution in [2.24, 2.45) is 5.41 Å². The minimum absolute atomic E-state index is 0.0487. The standard InChI is InChI=1S/C13H20N2O2/c1-6-7-8-15-9(2)11(16)14-10(12(15)17)13(3,4)5/h9-10H,8H2,1-5H3,(H,14,16). The Kier molecular flexibility index (Phi) is 3.82. The van der Waals surface area contributed by atoms with Crippen LogP contribution in [-0.4, -0.2) is 35.3 Å². The van der Waals surface area contributed by atoms with Crippen LogP contribution in [-0.2, 0) is 9.59 Å². The molecule has 1 aliphatic heterocycles. The van der Waals surface area contributed by atoms with Crippen LogP contribution in [0.2, 0.25) is 0 Å². The largest absolute Gasteiger partial charge is 0.342 e. The van der Waals surface area contributed by atoms with E-state index >= 15 is 0 Å². The third-order valence-electron chi connectivity index (χ3n) is 2.96. The molecular weight excluding hydrogens is 216 g/mol. The third kappa shape index (κ3) is 2.79. The van der Waals surface area contributed by atoms with Crippen molar-refractivity contribution in [1.82, 2.24) is 10.2 Å². The van der Waals surface area contributed by atoms with Gasteiger partial charge in [-0.1, -0.05) is 26.7 Å². The van der Waals surface area contributed by atoms with Gasteiger partial charge in [0.25, 0.3) is 0 Å². The normalized spacial score (nSPS) is 25.1. The van der Waals surface area contributed by atoms with Crippen molar-refractivity contribution in [1.29, 1.82) is 0 Å². The Balaban J connectivity index is 2.97. The van der Waals surface area contributed by atoms with Crippen LogP contribution >= 0.6 is 0 Å². The van der Waals surface area contributed by atoms with E-state index in [0.29, 0.717) is 6.54 Å². The van der Waals surface area contributed by atoms with E-state index in [-0.39, 0.29) is 17.2 Å². The van der Waals surface area contributed by atoms with Crippen molar-refractivity contribution in [3.63, 3.8) is 0 Å². The predicted molar refractivity (Wildman–Crippen MR) is 66.0 cm³/mol. The van der Waals surface area contributed by atoms with E-state index in [1.807, 2.05) is 20.8 Å². The number of hydrogen-bond donors (Lipinski definition) is 1. The fourth-order valence-corrected chi connectivity index (χ4v) is 1.79. The molecule has 2 unspecified atom stereocenters. The highest BCUT2D eigenvalue weighted by Gasteiger charge is 2.43. The lowest BCUT2D eigenvalue weighted by Crippen LogP contribution is -2.65. The summed E-state index contributed by atoms with van der Waals surface area (Å²) in [5.74, 6) is 5.44. The van der Waals surface area contributed by atoms with Gasteiger partial charge in [0.15, 0.2) is 0 Å². The molecule has 2 amide bonds. The number of nitrogens with zero attached hydrogens (tertiary/aromatic N) is 1. The molecule has 0 radical (unpaired) electrons. The molecule has 0 aromatic carbocycles. The zero-order chi connectivity index (χ0) is 13.2. The Labute approximate surface area is 103 Å². The number of rotatable bonds is 1. The molecule has 1 N–H and O–H groups in total. The Hall–Kier alpha value is -1.50. The molecule has 1 saturated heterocycles. The minimum Gasteiger partial charge on any atom is -0.342 e. The van der Waals surface area contributed by atoms with Gasteiger partial charge in [-0.05, 0) is 19.3 Å². The number of piperazine rings is 1. The summed E-state index contributed by atoms with van der Waals surface area (Å²) in [6.07, 6.45) is 0. The fourth-order valence-electron chi connectivity index (χ4n) is 1.79. The number of carbonyl (C=O) groups excluding carboxylic acids is 2. The highest BCUT2D eigenvalue weighted by molar-refractivity contribution is 5.97. The molecule has 0 spiro atoms. The van der Waals surface area contributed by atoms with E-state index in [2.05, 4.69) is 17.2 Å². The smallest absolute Gasteiger partial charge is 0.247 e. The van der Waals surface area contributed by atoms with E-state index in [0.717, 1.165) is 0 Å². The summed E-state index contributed by atoms with van der Waals surface area (Å²) in [4.78, 5) is 25.6. The van der Waals surface area contributed by atoms with Crippen LogP contribution < -0.4 is 5.32 Å². The van der Waals surface area contributed by atoms with Gasteiger partial charge in [-0.3, -0.25) is 9.59 Å². The molecule has 94 valence electrons. The molecule has 0 saturated carbocycles. The second kappa shape index (κ2) is 4.79. The molecule has 1 aliphatic rings. The van der Waals surface area contributed by atoms with Crippen molar-refractivity contribution in [2.75, 3.05) is 6.54 Å². The van der Waals surface area contributed by atoms with Crippen LogP contribution in [0.3, 0.4) is 0 Å². The van der Waals surface area contributed by atoms with E-state index in [1.54, 1.807) is 18.7 Å². The zero-order valence-corrected chi connectivity index (χ0v) is 11.1. The van der Waals surface area contributed by atoms with Gasteiger partial charge in [-0.25, -0.2) is 0 Å². The van der Waals surface area contributed by atoms with E-state index < -0.39 is 12.1 Å². The molecule has 17 heavy (non-hydrogen) atoms. The molecule has 1 fully saturated rings. The molecule has 0 bridgehead atoms. The third-order valence-corrected chi connectivity index (χ3v) is 2.96. The van der Waals surface area contributed by atoms with Crippen LogP contribution in [0.15, 0.2) is 0 Å². The van der Waals surface area contributed by atoms with Gasteiger partial charge in [-0.15, -0.1) is 5.92 Å². The number of nitrogens with one attached hydrogen (secondary N) is 1. The van der Waals surface area contributed by atoms with Crippen LogP contribution in [0.1, 0.15) is 34.6 Å². The van der Waals surface area contributed by atoms with Crippen molar-refractivity contribution in [2.45, 2.75) is 46.7 Å². The lowest BCUT2D eigenvalue weighted by molar-refractivity contribution is -0.150. The summed E-state index contributed by atoms with van der Waals surface area (Å²) in [5, 5.41) is 2.78. The van der Waals surface area contributed by atoms with Crippen LogP contribution in [0.4, 0.5) is 0 Å². The summed E-state index contributed by atoms with van der Waals surface area (Å²) in [6, 6.07) is -0.910. The molecule has 1 rings (SSSR count). The monoisotopic (exact) mass is 236 g/mol. The molecule has 0 aromatic rings. The van der Waals surface area contributed by atoms with Gasteiger partial charge in [0.2, 0.25) is 11.8 Å². The first-order valence-electron chi connectivity index (χ1n) is 5.79. The molecular formula is C13H20N2O2. The average molecular weight is 236 g/mol. The second-order valence-electron chi connectivity index (χ2n) is 5.38. The van der Waals surface area contributed by atoms with Gasteiger partial charge >= 0.3 is 0 Å². The molecule has 0 aromatic heterocycles. The maximum absolute atomic E-state index is 12.3. The quantitative estimate of drug-likeness (QED) is 0.684. The average Bonchev–Trinajstić information content (AvgIpc) is 2.22. The maximum atomic E-state index is 12.3. The van der Waals surface area contributed by atoms with Gasteiger partial charge in [0.05, 0.1) is 6.54 Å². The summed E-state index contributed by atoms with van der Waals surface area (Å²) in [5.41, 5.74) is -0.287. The Bertz CT molecular complexity index is 384. The summed E-state index contributed by atoms with van der Waals surface area (Å²) in [7, 11) is 0. The summed E-state index contributed by atoms with van der Waals surface area (Å²) >= 11 is 0. The van der Waals surface area contributed by atoms with Crippen molar-refractivity contribution in [3.05, 3.63) is 0 Å². The van der Waals surface area contributed by atoms with Crippen LogP contribution in [0.5, 0.6) is 0 Å². The van der Waals surface area contributed by atoms with Gasteiger partial charge in [0, 0.05) is 0 Å². The molecule has 4 nitrogen and oxygen atoms in total. The van der Waals surface area contributed by atoms with Crippen LogP contribution in [0, 0.1) is 17.3 Å². The van der Waals surface area contributed by atoms with E-state index in [9.17, 15) is 9.59 Å². The Morgan fingerprint density at radius 2 is 1.94 bits per heavy atom. The predicted octanol–water partition coefficient (Wildman–Crippen LogP) is 0.771. The number of carbonyl (C=O) groups is 2. The van der Waals surface area contributed by atoms with Gasteiger partial charge < -0.3 is 10.2 Å². The first kappa shape index (κ1) is 13.6. The fraction of sp³-hybridized carbons (Fsp3) is 0.692. The summed E-state index contributed by atoms with van der Waals surface area (Å²) < 4.78 is 0. The van der Waals surface area contributed by atoms with Crippen molar-refractivity contribution < 1.29 is 9.59 Å². The number of hydrogen-bond acceptors (Lipinski definition) is 2. The molecule has 4 heteroatoms. The molecule has 0 aliphatic carbocycles. The first-order chi connectivity index (χ1) is 7.79. The highest BCUT2D eigenvalue weighted by atomic mass is 16.2. The topological polar surface area (TPSA) is 49.4 Å². The second-order valence-corrected chi connectivity index (χ2v) is 5.38. The Morgan fingerprint density at radius 1 is 1.35 bits per heavy atom. The SMILES string of the molecule is CC#CCN1C(=O)C(C(C)(C)C)NC(=O)C1C. The lowest BCUT2D eigenvalue weighted by Gasteiger charge is -2.41.